The van der Waals surface area contributed by atoms with Crippen molar-refractivity contribution in [1.29, 1.82) is 0 Å². The maximum Gasteiger partial charge on any atom is 0.230 e. The molecule has 1 aliphatic rings. The van der Waals surface area contributed by atoms with Crippen LogP contribution in [-0.4, -0.2) is 51.6 Å². The fourth-order valence-electron chi connectivity index (χ4n) is 3.80. The molecule has 9 heteroatoms. The number of rotatable bonds is 8. The maximum absolute atomic E-state index is 12.6. The summed E-state index contributed by atoms with van der Waals surface area (Å²) < 4.78 is 7.17. The maximum atomic E-state index is 12.6. The SMILES string of the molecule is COc1ccc(-n2c(C)nnc2SCC(=O)NCc2cccnc2N2CCCCC2)cc1. The number of anilines is 1. The first kappa shape index (κ1) is 22.1. The predicted octanol–water partition coefficient (Wildman–Crippen LogP) is 3.38. The number of hydrogen-bond acceptors (Lipinski definition) is 7. The Morgan fingerprint density at radius 3 is 2.66 bits per heavy atom. The van der Waals surface area contributed by atoms with Gasteiger partial charge >= 0.3 is 0 Å². The molecule has 32 heavy (non-hydrogen) atoms. The number of piperidine rings is 1. The van der Waals surface area contributed by atoms with Crippen LogP contribution in [-0.2, 0) is 11.3 Å². The molecule has 1 N–H and O–H groups in total. The van der Waals surface area contributed by atoms with Crippen LogP contribution in [0.25, 0.3) is 5.69 Å². The molecule has 4 rings (SSSR count). The number of pyridine rings is 1. The van der Waals surface area contributed by atoms with Crippen molar-refractivity contribution in [3.63, 3.8) is 0 Å². The van der Waals surface area contributed by atoms with Gasteiger partial charge in [-0.25, -0.2) is 4.98 Å². The number of carbonyl (C=O) groups excluding carboxylic acids is 1. The lowest BCUT2D eigenvalue weighted by Gasteiger charge is -2.29. The highest BCUT2D eigenvalue weighted by atomic mass is 32.2. The molecule has 0 unspecified atom stereocenters. The summed E-state index contributed by atoms with van der Waals surface area (Å²) in [6.07, 6.45) is 5.47. The molecule has 1 saturated heterocycles. The fraction of sp³-hybridized carbons (Fsp3) is 0.391. The van der Waals surface area contributed by atoms with E-state index in [-0.39, 0.29) is 11.7 Å². The molecule has 0 bridgehead atoms. The summed E-state index contributed by atoms with van der Waals surface area (Å²) in [5, 5.41) is 12.1. The van der Waals surface area contributed by atoms with Gasteiger partial charge in [0.05, 0.1) is 12.9 Å². The topological polar surface area (TPSA) is 85.2 Å². The Morgan fingerprint density at radius 1 is 1.12 bits per heavy atom. The minimum Gasteiger partial charge on any atom is -0.497 e. The Labute approximate surface area is 192 Å². The molecule has 3 heterocycles. The van der Waals surface area contributed by atoms with Crippen LogP contribution in [0, 0.1) is 6.92 Å². The Hall–Kier alpha value is -3.07. The number of methoxy groups -OCH3 is 1. The Morgan fingerprint density at radius 2 is 1.91 bits per heavy atom. The summed E-state index contributed by atoms with van der Waals surface area (Å²) in [4.78, 5) is 19.5. The lowest BCUT2D eigenvalue weighted by Crippen LogP contribution is -2.32. The number of amides is 1. The van der Waals surface area contributed by atoms with Gasteiger partial charge in [0.2, 0.25) is 5.91 Å². The number of nitrogens with zero attached hydrogens (tertiary/aromatic N) is 5. The summed E-state index contributed by atoms with van der Waals surface area (Å²) in [6.45, 7) is 4.40. The van der Waals surface area contributed by atoms with Crippen LogP contribution in [0.15, 0.2) is 47.8 Å². The van der Waals surface area contributed by atoms with Crippen LogP contribution in [0.4, 0.5) is 5.82 Å². The molecule has 0 atom stereocenters. The van der Waals surface area contributed by atoms with Gasteiger partial charge in [0.15, 0.2) is 5.16 Å². The fourth-order valence-corrected chi connectivity index (χ4v) is 4.63. The second kappa shape index (κ2) is 10.5. The molecular formula is C23H28N6O2S. The number of aryl methyl sites for hydroxylation is 1. The molecular weight excluding hydrogens is 424 g/mol. The smallest absolute Gasteiger partial charge is 0.230 e. The predicted molar refractivity (Wildman–Crippen MR) is 126 cm³/mol. The van der Waals surface area contributed by atoms with Crippen LogP contribution in [0.5, 0.6) is 5.75 Å². The van der Waals surface area contributed by atoms with Gasteiger partial charge in [0.1, 0.15) is 17.4 Å². The van der Waals surface area contributed by atoms with Crippen molar-refractivity contribution in [2.24, 2.45) is 0 Å². The van der Waals surface area contributed by atoms with E-state index in [4.69, 9.17) is 4.74 Å². The number of hydrogen-bond donors (Lipinski definition) is 1. The Bertz CT molecular complexity index is 1050. The second-order valence-electron chi connectivity index (χ2n) is 7.66. The van der Waals surface area contributed by atoms with Crippen molar-refractivity contribution in [3.05, 3.63) is 54.0 Å². The average Bonchev–Trinajstić information content (AvgIpc) is 3.22. The quantitative estimate of drug-likeness (QED) is 0.525. The van der Waals surface area contributed by atoms with E-state index in [1.165, 1.54) is 31.0 Å². The molecule has 0 spiro atoms. The van der Waals surface area contributed by atoms with E-state index in [9.17, 15) is 4.79 Å². The van der Waals surface area contributed by atoms with Gasteiger partial charge in [-0.15, -0.1) is 10.2 Å². The zero-order valence-corrected chi connectivity index (χ0v) is 19.3. The van der Waals surface area contributed by atoms with Gasteiger partial charge in [0.25, 0.3) is 0 Å². The molecule has 1 fully saturated rings. The van der Waals surface area contributed by atoms with Gasteiger partial charge in [-0.2, -0.15) is 0 Å². The second-order valence-corrected chi connectivity index (χ2v) is 8.60. The molecule has 0 aliphatic carbocycles. The van der Waals surface area contributed by atoms with E-state index in [0.29, 0.717) is 11.7 Å². The molecule has 1 aliphatic heterocycles. The third-order valence-electron chi connectivity index (χ3n) is 5.46. The number of nitrogens with one attached hydrogen (secondary N) is 1. The minimum atomic E-state index is -0.0506. The number of carbonyl (C=O) groups is 1. The lowest BCUT2D eigenvalue weighted by atomic mass is 10.1. The number of thioether (sulfide) groups is 1. The van der Waals surface area contributed by atoms with E-state index >= 15 is 0 Å². The van der Waals surface area contributed by atoms with Crippen LogP contribution in [0.1, 0.15) is 30.7 Å². The van der Waals surface area contributed by atoms with Crippen LogP contribution >= 0.6 is 11.8 Å². The molecule has 3 aromatic rings. The first-order valence-electron chi connectivity index (χ1n) is 10.8. The Balaban J connectivity index is 1.36. The summed E-state index contributed by atoms with van der Waals surface area (Å²) >= 11 is 1.37. The summed E-state index contributed by atoms with van der Waals surface area (Å²) in [5.74, 6) is 2.74. The van der Waals surface area contributed by atoms with Crippen molar-refractivity contribution in [3.8, 4) is 11.4 Å². The molecule has 1 aromatic carbocycles. The summed E-state index contributed by atoms with van der Waals surface area (Å²) in [7, 11) is 1.64. The van der Waals surface area contributed by atoms with E-state index in [0.717, 1.165) is 41.7 Å². The largest absolute Gasteiger partial charge is 0.497 e. The average molecular weight is 453 g/mol. The third-order valence-corrected chi connectivity index (χ3v) is 6.39. The number of benzene rings is 1. The minimum absolute atomic E-state index is 0.0506. The van der Waals surface area contributed by atoms with Gasteiger partial charge in [-0.05, 0) is 56.5 Å². The molecule has 168 valence electrons. The van der Waals surface area contributed by atoms with Crippen molar-refractivity contribution in [1.82, 2.24) is 25.1 Å². The van der Waals surface area contributed by atoms with Crippen molar-refractivity contribution >= 4 is 23.5 Å². The van der Waals surface area contributed by atoms with Crippen molar-refractivity contribution < 1.29 is 9.53 Å². The van der Waals surface area contributed by atoms with E-state index in [1.54, 1.807) is 7.11 Å². The zero-order chi connectivity index (χ0) is 22.3. The standard InChI is InChI=1S/C23H28N6O2S/c1-17-26-27-23(29(17)19-8-10-20(31-2)11-9-19)32-16-21(30)25-15-18-7-6-12-24-22(18)28-13-4-3-5-14-28/h6-12H,3-5,13-16H2,1-2H3,(H,25,30). The van der Waals surface area contributed by atoms with Crippen LogP contribution in [0.2, 0.25) is 0 Å². The third kappa shape index (κ3) is 5.21. The van der Waals surface area contributed by atoms with Gasteiger partial charge < -0.3 is 15.0 Å². The zero-order valence-electron chi connectivity index (χ0n) is 18.5. The normalized spacial score (nSPS) is 13.8. The lowest BCUT2D eigenvalue weighted by molar-refractivity contribution is -0.118. The van der Waals surface area contributed by atoms with E-state index in [2.05, 4.69) is 25.4 Å². The summed E-state index contributed by atoms with van der Waals surface area (Å²) in [6, 6.07) is 11.6. The first-order chi connectivity index (χ1) is 15.7. The van der Waals surface area contributed by atoms with Gasteiger partial charge in [-0.1, -0.05) is 17.8 Å². The first-order valence-corrected chi connectivity index (χ1v) is 11.8. The van der Waals surface area contributed by atoms with Crippen LogP contribution in [0.3, 0.4) is 0 Å². The highest BCUT2D eigenvalue weighted by molar-refractivity contribution is 7.99. The van der Waals surface area contributed by atoms with Gasteiger partial charge in [0, 0.05) is 37.1 Å². The van der Waals surface area contributed by atoms with Crippen molar-refractivity contribution in [2.45, 2.75) is 37.9 Å². The molecule has 0 radical (unpaired) electrons. The molecule has 1 amide bonds. The van der Waals surface area contributed by atoms with Crippen LogP contribution < -0.4 is 15.0 Å². The number of aromatic nitrogens is 4. The number of ether oxygens (including phenoxy) is 1. The van der Waals surface area contributed by atoms with E-state index < -0.39 is 0 Å². The van der Waals surface area contributed by atoms with Crippen molar-refractivity contribution in [2.75, 3.05) is 30.9 Å². The monoisotopic (exact) mass is 452 g/mol. The van der Waals surface area contributed by atoms with E-state index in [1.807, 2.05) is 54.1 Å². The molecule has 0 saturated carbocycles. The molecule has 2 aromatic heterocycles. The highest BCUT2D eigenvalue weighted by Crippen LogP contribution is 2.24. The molecule has 8 nitrogen and oxygen atoms in total. The highest BCUT2D eigenvalue weighted by Gasteiger charge is 2.17. The Kier molecular flexibility index (Phi) is 7.26. The summed E-state index contributed by atoms with van der Waals surface area (Å²) in [5.41, 5.74) is 1.97. The van der Waals surface area contributed by atoms with Gasteiger partial charge in [-0.3, -0.25) is 9.36 Å².